The van der Waals surface area contributed by atoms with E-state index in [2.05, 4.69) is 6.92 Å². The third-order valence-corrected chi connectivity index (χ3v) is 3.35. The summed E-state index contributed by atoms with van der Waals surface area (Å²) in [6.07, 6.45) is 10.5. The van der Waals surface area contributed by atoms with Gasteiger partial charge in [0.1, 0.15) is 5.75 Å². The Bertz CT molecular complexity index is 329. The normalized spacial score (nSPS) is 10.1. The molecular weight excluding hydrogens is 259 g/mol. The number of aliphatic hydroxyl groups is 1. The molecule has 2 nitrogen and oxygen atoms in total. The molecule has 20 heavy (non-hydrogen) atoms. The minimum atomic E-state index is 0. The van der Waals surface area contributed by atoms with Crippen LogP contribution in [0.3, 0.4) is 0 Å². The average molecular weight is 287 g/mol. The van der Waals surface area contributed by atoms with Crippen LogP contribution in [0.1, 0.15) is 63.9 Å². The van der Waals surface area contributed by atoms with Gasteiger partial charge in [0.2, 0.25) is 0 Å². The molecule has 1 N–H and O–H groups in total. The number of ether oxygens (including phenoxy) is 1. The number of hydrogen-bond acceptors (Lipinski definition) is 2. The predicted molar refractivity (Wildman–Crippen MR) is 86.2 cm³/mol. The molecule has 0 bridgehead atoms. The topological polar surface area (TPSA) is 29.5 Å². The third-order valence-electron chi connectivity index (χ3n) is 3.35. The van der Waals surface area contributed by atoms with Crippen molar-refractivity contribution >= 4 is 29.6 Å². The molecule has 109 valence electrons. The number of aliphatic hydroxyl groups excluding tert-OH is 1. The largest absolute Gasteiger partial charge is 0.494 e. The average Bonchev–Trinajstić information content (AvgIpc) is 2.46. The molecule has 0 fully saturated rings. The van der Waals surface area contributed by atoms with Crippen molar-refractivity contribution < 1.29 is 9.84 Å². The Morgan fingerprint density at radius 3 is 2.25 bits per heavy atom. The summed E-state index contributed by atoms with van der Waals surface area (Å²) in [6.45, 7) is 3.11. The van der Waals surface area contributed by atoms with Crippen LogP contribution in [-0.4, -0.2) is 41.3 Å². The zero-order valence-electron chi connectivity index (χ0n) is 13.2. The van der Waals surface area contributed by atoms with E-state index in [1.54, 1.807) is 0 Å². The van der Waals surface area contributed by atoms with E-state index in [0.717, 1.165) is 24.3 Å². The molecule has 0 saturated carbocycles. The zero-order valence-corrected chi connectivity index (χ0v) is 15.2. The van der Waals surface area contributed by atoms with Crippen molar-refractivity contribution in [3.05, 3.63) is 29.8 Å². The van der Waals surface area contributed by atoms with Crippen LogP contribution in [0, 0.1) is 0 Å². The van der Waals surface area contributed by atoms with Gasteiger partial charge in [0.05, 0.1) is 13.2 Å². The Morgan fingerprint density at radius 2 is 1.60 bits per heavy atom. The molecule has 0 atom stereocenters. The van der Waals surface area contributed by atoms with E-state index < -0.39 is 0 Å². The van der Waals surface area contributed by atoms with E-state index in [-0.39, 0.29) is 36.2 Å². The van der Waals surface area contributed by atoms with Crippen LogP contribution in [0.2, 0.25) is 0 Å². The molecule has 1 aromatic rings. The number of hydrogen-bond donors (Lipinski definition) is 1. The Morgan fingerprint density at radius 1 is 0.950 bits per heavy atom. The van der Waals surface area contributed by atoms with Gasteiger partial charge in [0, 0.05) is 29.6 Å². The quantitative estimate of drug-likeness (QED) is 0.485. The van der Waals surface area contributed by atoms with Crippen molar-refractivity contribution in [1.29, 1.82) is 0 Å². The van der Waals surface area contributed by atoms with Gasteiger partial charge in [-0.05, 0) is 24.1 Å². The molecule has 0 aliphatic heterocycles. The second-order valence-electron chi connectivity index (χ2n) is 5.13. The summed E-state index contributed by atoms with van der Waals surface area (Å²) in [6, 6.07) is 7.69. The summed E-state index contributed by atoms with van der Waals surface area (Å²) < 4.78 is 5.68. The second kappa shape index (κ2) is 13.9. The first kappa shape index (κ1) is 20.0. The van der Waals surface area contributed by atoms with Crippen LogP contribution in [0.5, 0.6) is 5.75 Å². The minimum absolute atomic E-state index is 0. The zero-order chi connectivity index (χ0) is 13.8. The third kappa shape index (κ3) is 9.82. The molecule has 1 rings (SSSR count). The number of rotatable bonds is 11. The van der Waals surface area contributed by atoms with Gasteiger partial charge in [0.25, 0.3) is 0 Å². The van der Waals surface area contributed by atoms with Gasteiger partial charge in [-0.3, -0.25) is 0 Å². The Hall–Kier alpha value is -0.0200. The molecule has 0 spiro atoms. The van der Waals surface area contributed by atoms with Crippen molar-refractivity contribution in [3.63, 3.8) is 0 Å². The molecule has 0 aliphatic carbocycles. The maximum atomic E-state index is 9.04. The SMILES string of the molecule is CCCCCCCCCCOc1cccc(CO)c1.[Na]. The van der Waals surface area contributed by atoms with Gasteiger partial charge in [0.15, 0.2) is 0 Å². The van der Waals surface area contributed by atoms with Crippen molar-refractivity contribution in [2.45, 2.75) is 64.9 Å². The standard InChI is InChI=1S/C17H28O2.Na/c1-2-3-4-5-6-7-8-9-13-19-17-12-10-11-16(14-17)15-18;/h10-12,14,18H,2-9,13,15H2,1H3;. The van der Waals surface area contributed by atoms with Crippen LogP contribution >= 0.6 is 0 Å². The molecule has 0 aromatic heterocycles. The smallest absolute Gasteiger partial charge is 0.119 e. The predicted octanol–water partition coefficient (Wildman–Crippen LogP) is 4.32. The maximum absolute atomic E-state index is 9.04. The minimum Gasteiger partial charge on any atom is -0.494 e. The van der Waals surface area contributed by atoms with E-state index in [1.165, 1.54) is 44.9 Å². The fourth-order valence-electron chi connectivity index (χ4n) is 2.16. The summed E-state index contributed by atoms with van der Waals surface area (Å²) >= 11 is 0. The molecular formula is C17H28NaO2. The number of unbranched alkanes of at least 4 members (excludes halogenated alkanes) is 7. The monoisotopic (exact) mass is 287 g/mol. The van der Waals surface area contributed by atoms with E-state index in [4.69, 9.17) is 9.84 Å². The molecule has 0 saturated heterocycles. The van der Waals surface area contributed by atoms with Gasteiger partial charge >= 0.3 is 0 Å². The molecule has 0 unspecified atom stereocenters. The first-order valence-corrected chi connectivity index (χ1v) is 7.69. The first-order valence-electron chi connectivity index (χ1n) is 7.69. The Kier molecular flexibility index (Phi) is 13.9. The molecule has 0 aliphatic rings. The Balaban J connectivity index is 0.00000361. The van der Waals surface area contributed by atoms with Gasteiger partial charge in [-0.25, -0.2) is 0 Å². The molecule has 0 heterocycles. The van der Waals surface area contributed by atoms with E-state index >= 15 is 0 Å². The van der Waals surface area contributed by atoms with Crippen molar-refractivity contribution in [3.8, 4) is 5.75 Å². The van der Waals surface area contributed by atoms with Gasteiger partial charge in [-0.1, -0.05) is 64.0 Å². The summed E-state index contributed by atoms with van der Waals surface area (Å²) in [5, 5.41) is 9.04. The van der Waals surface area contributed by atoms with Crippen molar-refractivity contribution in [1.82, 2.24) is 0 Å². The van der Waals surface area contributed by atoms with Crippen LogP contribution in [0.25, 0.3) is 0 Å². The van der Waals surface area contributed by atoms with E-state index in [1.807, 2.05) is 24.3 Å². The molecule has 0 amide bonds. The fraction of sp³-hybridized carbons (Fsp3) is 0.647. The number of benzene rings is 1. The first-order chi connectivity index (χ1) is 9.36. The summed E-state index contributed by atoms with van der Waals surface area (Å²) in [5.74, 6) is 0.870. The van der Waals surface area contributed by atoms with Gasteiger partial charge in [-0.2, -0.15) is 0 Å². The van der Waals surface area contributed by atoms with Gasteiger partial charge < -0.3 is 9.84 Å². The molecule has 1 aromatic carbocycles. The van der Waals surface area contributed by atoms with Crippen molar-refractivity contribution in [2.24, 2.45) is 0 Å². The maximum Gasteiger partial charge on any atom is 0.119 e. The van der Waals surface area contributed by atoms with Crippen LogP contribution in [0.15, 0.2) is 24.3 Å². The summed E-state index contributed by atoms with van der Waals surface area (Å²) in [4.78, 5) is 0. The van der Waals surface area contributed by atoms with Gasteiger partial charge in [-0.15, -0.1) is 0 Å². The second-order valence-corrected chi connectivity index (χ2v) is 5.13. The summed E-state index contributed by atoms with van der Waals surface area (Å²) in [5.41, 5.74) is 0.911. The Labute approximate surface area is 146 Å². The van der Waals surface area contributed by atoms with E-state index in [9.17, 15) is 0 Å². The fourth-order valence-corrected chi connectivity index (χ4v) is 2.16. The molecule has 1 radical (unpaired) electrons. The summed E-state index contributed by atoms with van der Waals surface area (Å²) in [7, 11) is 0. The molecule has 3 heteroatoms. The van der Waals surface area contributed by atoms with E-state index in [0.29, 0.717) is 0 Å². The van der Waals surface area contributed by atoms with Crippen LogP contribution < -0.4 is 4.74 Å². The van der Waals surface area contributed by atoms with Crippen LogP contribution in [-0.2, 0) is 6.61 Å². The van der Waals surface area contributed by atoms with Crippen LogP contribution in [0.4, 0.5) is 0 Å². The van der Waals surface area contributed by atoms with Crippen molar-refractivity contribution in [2.75, 3.05) is 6.61 Å².